The van der Waals surface area contributed by atoms with E-state index in [0.29, 0.717) is 27.8 Å². The molecule has 0 aliphatic rings. The molecule has 0 unspecified atom stereocenters. The molecule has 0 atom stereocenters. The van der Waals surface area contributed by atoms with Crippen molar-refractivity contribution in [3.05, 3.63) is 75.2 Å². The Labute approximate surface area is 203 Å². The smallest absolute Gasteiger partial charge is 0.211 e. The molecule has 0 aliphatic heterocycles. The standard InChI is InChI=1S/C24H21F2N3O3S2/c1-14(15-10-20(30-2)23(32-4)21(11-15)31-3)28-29-19(22-6-5-9-33-22)13-34-24(29)27-18-8-7-16(25)12-17(18)26/h5-13H,1-4H3. The van der Waals surface area contributed by atoms with Gasteiger partial charge in [0.15, 0.2) is 17.3 Å². The Hall–Kier alpha value is -3.50. The van der Waals surface area contributed by atoms with Crippen molar-refractivity contribution in [2.75, 3.05) is 21.3 Å². The van der Waals surface area contributed by atoms with Crippen LogP contribution in [0.25, 0.3) is 10.6 Å². The van der Waals surface area contributed by atoms with Crippen LogP contribution in [0.15, 0.2) is 63.3 Å². The summed E-state index contributed by atoms with van der Waals surface area (Å²) in [6.45, 7) is 1.84. The Morgan fingerprint density at radius 3 is 2.26 bits per heavy atom. The fourth-order valence-electron chi connectivity index (χ4n) is 3.24. The summed E-state index contributed by atoms with van der Waals surface area (Å²) in [6, 6.07) is 10.8. The second kappa shape index (κ2) is 10.2. The van der Waals surface area contributed by atoms with Crippen LogP contribution in [0.2, 0.25) is 0 Å². The Morgan fingerprint density at radius 2 is 1.68 bits per heavy atom. The predicted octanol–water partition coefficient (Wildman–Crippen LogP) is 6.09. The molecule has 0 amide bonds. The van der Waals surface area contributed by atoms with E-state index in [-0.39, 0.29) is 5.69 Å². The Bertz CT molecular complexity index is 1380. The zero-order valence-electron chi connectivity index (χ0n) is 18.8. The number of hydrogen-bond donors (Lipinski definition) is 0. The van der Waals surface area contributed by atoms with Crippen LogP contribution in [0, 0.1) is 11.6 Å². The van der Waals surface area contributed by atoms with Crippen molar-refractivity contribution in [3.63, 3.8) is 0 Å². The third-order valence-corrected chi connectivity index (χ3v) is 6.63. The van der Waals surface area contributed by atoms with Gasteiger partial charge < -0.3 is 14.2 Å². The van der Waals surface area contributed by atoms with E-state index >= 15 is 0 Å². The molecule has 4 rings (SSSR count). The summed E-state index contributed by atoms with van der Waals surface area (Å²) < 4.78 is 45.6. The molecule has 0 radical (unpaired) electrons. The van der Waals surface area contributed by atoms with E-state index in [4.69, 9.17) is 19.3 Å². The number of methoxy groups -OCH3 is 3. The molecule has 0 saturated heterocycles. The minimum Gasteiger partial charge on any atom is -0.493 e. The molecule has 6 nitrogen and oxygen atoms in total. The van der Waals surface area contributed by atoms with Crippen LogP contribution in [-0.2, 0) is 0 Å². The lowest BCUT2D eigenvalue weighted by molar-refractivity contribution is 0.324. The first-order chi connectivity index (χ1) is 16.4. The number of thiazole rings is 1. The van der Waals surface area contributed by atoms with Crippen LogP contribution in [0.5, 0.6) is 17.2 Å². The maximum Gasteiger partial charge on any atom is 0.211 e. The van der Waals surface area contributed by atoms with E-state index in [1.807, 2.05) is 29.8 Å². The van der Waals surface area contributed by atoms with E-state index in [0.717, 1.165) is 22.2 Å². The lowest BCUT2D eigenvalue weighted by Gasteiger charge is -2.14. The van der Waals surface area contributed by atoms with Gasteiger partial charge in [0.05, 0.1) is 37.6 Å². The van der Waals surface area contributed by atoms with Crippen molar-refractivity contribution in [1.29, 1.82) is 0 Å². The number of aromatic nitrogens is 1. The lowest BCUT2D eigenvalue weighted by Crippen LogP contribution is -2.14. The monoisotopic (exact) mass is 501 g/mol. The minimum absolute atomic E-state index is 0.0235. The van der Waals surface area contributed by atoms with Crippen LogP contribution < -0.4 is 19.0 Å². The van der Waals surface area contributed by atoms with Gasteiger partial charge in [-0.05, 0) is 42.6 Å². The van der Waals surface area contributed by atoms with Gasteiger partial charge >= 0.3 is 0 Å². The summed E-state index contributed by atoms with van der Waals surface area (Å²) in [6.07, 6.45) is 0. The molecule has 10 heteroatoms. The van der Waals surface area contributed by atoms with Crippen molar-refractivity contribution < 1.29 is 23.0 Å². The number of hydrogen-bond acceptors (Lipinski definition) is 7. The third-order valence-electron chi connectivity index (χ3n) is 4.92. The van der Waals surface area contributed by atoms with Crippen LogP contribution in [-0.4, -0.2) is 31.7 Å². The van der Waals surface area contributed by atoms with E-state index in [9.17, 15) is 8.78 Å². The van der Waals surface area contributed by atoms with Crippen molar-refractivity contribution in [2.24, 2.45) is 10.1 Å². The van der Waals surface area contributed by atoms with E-state index in [1.165, 1.54) is 30.6 Å². The van der Waals surface area contributed by atoms with Gasteiger partial charge in [0.25, 0.3) is 0 Å². The van der Waals surface area contributed by atoms with Gasteiger partial charge in [-0.25, -0.2) is 18.4 Å². The number of nitrogens with zero attached hydrogens (tertiary/aromatic N) is 3. The van der Waals surface area contributed by atoms with Crippen molar-refractivity contribution >= 4 is 34.1 Å². The van der Waals surface area contributed by atoms with Crippen LogP contribution in [0.3, 0.4) is 0 Å². The fraction of sp³-hybridized carbons (Fsp3) is 0.167. The summed E-state index contributed by atoms with van der Waals surface area (Å²) in [7, 11) is 4.63. The summed E-state index contributed by atoms with van der Waals surface area (Å²) >= 11 is 2.86. The number of rotatable bonds is 7. The highest BCUT2D eigenvalue weighted by Crippen LogP contribution is 2.38. The molecule has 34 heavy (non-hydrogen) atoms. The number of halogens is 2. The zero-order valence-corrected chi connectivity index (χ0v) is 20.5. The molecule has 2 aromatic carbocycles. The Balaban J connectivity index is 1.90. The lowest BCUT2D eigenvalue weighted by atomic mass is 10.1. The molecule has 0 fully saturated rings. The predicted molar refractivity (Wildman–Crippen MR) is 131 cm³/mol. The third kappa shape index (κ3) is 4.73. The maximum atomic E-state index is 14.3. The molecule has 2 aromatic heterocycles. The first-order valence-corrected chi connectivity index (χ1v) is 11.8. The molecule has 0 saturated carbocycles. The topological polar surface area (TPSA) is 57.3 Å². The molecule has 4 aromatic rings. The molecule has 176 valence electrons. The normalized spacial score (nSPS) is 12.2. The SMILES string of the molecule is COc1cc(C(C)=Nn2c(-c3cccs3)csc2=Nc2ccc(F)cc2F)cc(OC)c1OC. The van der Waals surface area contributed by atoms with E-state index in [2.05, 4.69) is 4.99 Å². The fourth-order valence-corrected chi connectivity index (χ4v) is 4.88. The summed E-state index contributed by atoms with van der Waals surface area (Å²) in [5, 5.41) is 8.67. The number of benzene rings is 2. The summed E-state index contributed by atoms with van der Waals surface area (Å²) in [5.74, 6) is 0.0671. The molecule has 2 heterocycles. The van der Waals surface area contributed by atoms with Gasteiger partial charge in [0.2, 0.25) is 10.6 Å². The molecule has 0 spiro atoms. The zero-order chi connectivity index (χ0) is 24.2. The molecule has 0 bridgehead atoms. The van der Waals surface area contributed by atoms with Crippen LogP contribution >= 0.6 is 22.7 Å². The Kier molecular flexibility index (Phi) is 7.09. The maximum absolute atomic E-state index is 14.3. The largest absolute Gasteiger partial charge is 0.493 e. The molecular formula is C24H21F2N3O3S2. The highest BCUT2D eigenvalue weighted by Gasteiger charge is 2.16. The van der Waals surface area contributed by atoms with Crippen molar-refractivity contribution in [3.8, 4) is 27.8 Å². The molecule has 0 N–H and O–H groups in total. The number of thiophene rings is 1. The first kappa shape index (κ1) is 23.7. The molecule has 0 aliphatic carbocycles. The van der Waals surface area contributed by atoms with Crippen LogP contribution in [0.1, 0.15) is 12.5 Å². The first-order valence-electron chi connectivity index (χ1n) is 10.0. The average Bonchev–Trinajstić information content (AvgIpc) is 3.50. The highest BCUT2D eigenvalue weighted by molar-refractivity contribution is 7.14. The van der Waals surface area contributed by atoms with Crippen molar-refractivity contribution in [2.45, 2.75) is 6.92 Å². The number of ether oxygens (including phenoxy) is 3. The summed E-state index contributed by atoms with van der Waals surface area (Å²) in [5.41, 5.74) is 2.20. The molecular weight excluding hydrogens is 480 g/mol. The highest BCUT2D eigenvalue weighted by atomic mass is 32.1. The van der Waals surface area contributed by atoms with Gasteiger partial charge in [-0.1, -0.05) is 6.07 Å². The van der Waals surface area contributed by atoms with Crippen molar-refractivity contribution in [1.82, 2.24) is 4.68 Å². The second-order valence-corrected chi connectivity index (χ2v) is 8.78. The van der Waals surface area contributed by atoms with E-state index < -0.39 is 11.6 Å². The summed E-state index contributed by atoms with van der Waals surface area (Å²) in [4.78, 5) is 5.82. The van der Waals surface area contributed by atoms with Crippen LogP contribution in [0.4, 0.5) is 14.5 Å². The minimum atomic E-state index is -0.747. The van der Waals surface area contributed by atoms with Gasteiger partial charge in [-0.3, -0.25) is 0 Å². The van der Waals surface area contributed by atoms with Gasteiger partial charge in [-0.15, -0.1) is 22.7 Å². The van der Waals surface area contributed by atoms with Gasteiger partial charge in [0, 0.05) is 17.0 Å². The second-order valence-electron chi connectivity index (χ2n) is 7.00. The Morgan fingerprint density at radius 1 is 0.941 bits per heavy atom. The quantitative estimate of drug-likeness (QED) is 0.288. The van der Waals surface area contributed by atoms with E-state index in [1.54, 1.807) is 42.4 Å². The van der Waals surface area contributed by atoms with Gasteiger partial charge in [-0.2, -0.15) is 5.10 Å². The average molecular weight is 502 g/mol. The van der Waals surface area contributed by atoms with Gasteiger partial charge in [0.1, 0.15) is 11.5 Å².